The van der Waals surface area contributed by atoms with Gasteiger partial charge in [-0.25, -0.2) is 19.9 Å². The third-order valence-corrected chi connectivity index (χ3v) is 5.84. The summed E-state index contributed by atoms with van der Waals surface area (Å²) in [5.41, 5.74) is 2.19. The molecule has 0 bridgehead atoms. The molecule has 0 amide bonds. The Balaban J connectivity index is 1.32. The summed E-state index contributed by atoms with van der Waals surface area (Å²) in [4.78, 5) is 22.8. The fraction of sp³-hybridized carbons (Fsp3) is 0.600. The van der Waals surface area contributed by atoms with Gasteiger partial charge in [-0.15, -0.1) is 0 Å². The van der Waals surface area contributed by atoms with Gasteiger partial charge in [0.2, 0.25) is 0 Å². The van der Waals surface area contributed by atoms with Crippen LogP contribution in [0.2, 0.25) is 0 Å². The highest BCUT2D eigenvalue weighted by Crippen LogP contribution is 2.34. The normalized spacial score (nSPS) is 19.3. The number of hydrogen-bond donors (Lipinski definition) is 0. The van der Waals surface area contributed by atoms with Gasteiger partial charge in [0.25, 0.3) is 0 Å². The van der Waals surface area contributed by atoms with Crippen molar-refractivity contribution in [3.63, 3.8) is 0 Å². The van der Waals surface area contributed by atoms with Crippen molar-refractivity contribution >= 4 is 5.82 Å². The van der Waals surface area contributed by atoms with Gasteiger partial charge in [0.05, 0.1) is 5.69 Å². The van der Waals surface area contributed by atoms with Gasteiger partial charge in [0, 0.05) is 56.6 Å². The van der Waals surface area contributed by atoms with Crippen LogP contribution in [-0.4, -0.2) is 51.0 Å². The Morgan fingerprint density at radius 2 is 1.92 bits per heavy atom. The number of aryl methyl sites for hydroxylation is 1. The van der Waals surface area contributed by atoms with Crippen LogP contribution in [0.4, 0.5) is 5.82 Å². The Kier molecular flexibility index (Phi) is 5.11. The Morgan fingerprint density at radius 3 is 2.62 bits per heavy atom. The quantitative estimate of drug-likeness (QED) is 0.825. The summed E-state index contributed by atoms with van der Waals surface area (Å²) < 4.78 is 0. The predicted molar refractivity (Wildman–Crippen MR) is 102 cm³/mol. The first-order valence-corrected chi connectivity index (χ1v) is 9.74. The zero-order valence-electron chi connectivity index (χ0n) is 15.8. The molecule has 1 aliphatic heterocycles. The molecule has 6 heteroatoms. The summed E-state index contributed by atoms with van der Waals surface area (Å²) in [6, 6.07) is 4.68. The minimum atomic E-state index is 0.538. The topological polar surface area (TPSA) is 58.0 Å². The highest BCUT2D eigenvalue weighted by Gasteiger charge is 2.25. The van der Waals surface area contributed by atoms with Crippen LogP contribution >= 0.6 is 0 Å². The molecular weight excluding hydrogens is 324 g/mol. The summed E-state index contributed by atoms with van der Waals surface area (Å²) in [5.74, 6) is 2.69. The molecule has 0 unspecified atom stereocenters. The van der Waals surface area contributed by atoms with E-state index in [-0.39, 0.29) is 0 Å². The van der Waals surface area contributed by atoms with E-state index in [1.54, 1.807) is 6.33 Å². The standard InChI is InChI=1S/C20H28N6/c1-15-12-19(23-14-22-15)25(2)18-7-10-26(11-8-18)13-17-6-9-21-20(24-17)16-4-3-5-16/h6,9,12,14,16,18H,3-5,7-8,10-11,13H2,1-2H3. The molecule has 0 spiro atoms. The first-order valence-electron chi connectivity index (χ1n) is 9.74. The van der Waals surface area contributed by atoms with Crippen LogP contribution in [0.5, 0.6) is 0 Å². The zero-order valence-corrected chi connectivity index (χ0v) is 15.8. The molecule has 0 atom stereocenters. The molecule has 1 saturated heterocycles. The largest absolute Gasteiger partial charge is 0.356 e. The predicted octanol–water partition coefficient (Wildman–Crippen LogP) is 2.94. The van der Waals surface area contributed by atoms with E-state index in [4.69, 9.17) is 4.98 Å². The van der Waals surface area contributed by atoms with Crippen molar-refractivity contribution in [2.24, 2.45) is 0 Å². The average Bonchev–Trinajstić information content (AvgIpc) is 2.61. The van der Waals surface area contributed by atoms with Gasteiger partial charge in [-0.3, -0.25) is 4.90 Å². The third-order valence-electron chi connectivity index (χ3n) is 5.84. The molecule has 0 radical (unpaired) electrons. The van der Waals surface area contributed by atoms with Crippen molar-refractivity contribution < 1.29 is 0 Å². The number of hydrogen-bond acceptors (Lipinski definition) is 6. The van der Waals surface area contributed by atoms with E-state index in [1.807, 2.05) is 13.1 Å². The highest BCUT2D eigenvalue weighted by molar-refractivity contribution is 5.39. The summed E-state index contributed by atoms with van der Waals surface area (Å²) >= 11 is 0. The maximum Gasteiger partial charge on any atom is 0.132 e. The number of piperidine rings is 1. The number of anilines is 1. The lowest BCUT2D eigenvalue weighted by Gasteiger charge is -2.37. The Labute approximate surface area is 155 Å². The van der Waals surface area contributed by atoms with Gasteiger partial charge in [-0.2, -0.15) is 0 Å². The maximum absolute atomic E-state index is 4.82. The lowest BCUT2D eigenvalue weighted by Crippen LogP contribution is -2.43. The maximum atomic E-state index is 4.82. The average molecular weight is 352 g/mol. The minimum Gasteiger partial charge on any atom is -0.356 e. The van der Waals surface area contributed by atoms with Crippen LogP contribution in [0.25, 0.3) is 0 Å². The van der Waals surface area contributed by atoms with E-state index in [9.17, 15) is 0 Å². The first-order chi connectivity index (χ1) is 12.7. The van der Waals surface area contributed by atoms with Crippen molar-refractivity contribution in [2.75, 3.05) is 25.0 Å². The van der Waals surface area contributed by atoms with E-state index < -0.39 is 0 Å². The molecule has 2 aromatic rings. The molecule has 3 heterocycles. The second kappa shape index (κ2) is 7.66. The SMILES string of the molecule is Cc1cc(N(C)C2CCN(Cc3ccnc(C4CCC4)n3)CC2)ncn1. The molecule has 138 valence electrons. The lowest BCUT2D eigenvalue weighted by atomic mass is 9.85. The zero-order chi connectivity index (χ0) is 17.9. The van der Waals surface area contributed by atoms with Crippen molar-refractivity contribution in [3.8, 4) is 0 Å². The Morgan fingerprint density at radius 1 is 1.12 bits per heavy atom. The van der Waals surface area contributed by atoms with Gasteiger partial charge in [0.1, 0.15) is 18.0 Å². The molecule has 1 saturated carbocycles. The lowest BCUT2D eigenvalue weighted by molar-refractivity contribution is 0.200. The van der Waals surface area contributed by atoms with Crippen LogP contribution in [0.15, 0.2) is 24.7 Å². The fourth-order valence-electron chi connectivity index (χ4n) is 3.88. The monoisotopic (exact) mass is 352 g/mol. The molecule has 2 fully saturated rings. The molecule has 4 rings (SSSR count). The molecule has 0 N–H and O–H groups in total. The highest BCUT2D eigenvalue weighted by atomic mass is 15.2. The van der Waals surface area contributed by atoms with Crippen LogP contribution in [0.1, 0.15) is 55.2 Å². The van der Waals surface area contributed by atoms with Crippen LogP contribution in [0, 0.1) is 6.92 Å². The summed E-state index contributed by atoms with van der Waals surface area (Å²) in [5, 5.41) is 0. The molecule has 1 aliphatic carbocycles. The van der Waals surface area contributed by atoms with E-state index >= 15 is 0 Å². The summed E-state index contributed by atoms with van der Waals surface area (Å²) in [7, 11) is 2.15. The summed E-state index contributed by atoms with van der Waals surface area (Å²) in [6.07, 6.45) is 9.73. The van der Waals surface area contributed by atoms with E-state index in [1.165, 1.54) is 25.0 Å². The Hall–Kier alpha value is -2.08. The molecule has 2 aromatic heterocycles. The first kappa shape index (κ1) is 17.3. The van der Waals surface area contributed by atoms with Crippen LogP contribution in [0.3, 0.4) is 0 Å². The second-order valence-electron chi connectivity index (χ2n) is 7.67. The van der Waals surface area contributed by atoms with E-state index in [0.717, 1.165) is 49.8 Å². The summed E-state index contributed by atoms with van der Waals surface area (Å²) in [6.45, 7) is 5.15. The van der Waals surface area contributed by atoms with E-state index in [0.29, 0.717) is 12.0 Å². The van der Waals surface area contributed by atoms with Gasteiger partial charge in [-0.1, -0.05) is 6.42 Å². The van der Waals surface area contributed by atoms with Gasteiger partial charge in [-0.05, 0) is 38.7 Å². The van der Waals surface area contributed by atoms with Crippen LogP contribution in [-0.2, 0) is 6.54 Å². The van der Waals surface area contributed by atoms with E-state index in [2.05, 4.69) is 43.9 Å². The minimum absolute atomic E-state index is 0.538. The molecule has 0 aromatic carbocycles. The number of likely N-dealkylation sites (tertiary alicyclic amines) is 1. The molecule has 2 aliphatic rings. The van der Waals surface area contributed by atoms with Crippen molar-refractivity contribution in [1.29, 1.82) is 0 Å². The molecular formula is C20H28N6. The molecule has 6 nitrogen and oxygen atoms in total. The number of rotatable bonds is 5. The second-order valence-corrected chi connectivity index (χ2v) is 7.67. The van der Waals surface area contributed by atoms with Crippen molar-refractivity contribution in [1.82, 2.24) is 24.8 Å². The van der Waals surface area contributed by atoms with Gasteiger partial charge >= 0.3 is 0 Å². The number of aromatic nitrogens is 4. The third kappa shape index (κ3) is 3.85. The van der Waals surface area contributed by atoms with Crippen LogP contribution < -0.4 is 4.90 Å². The van der Waals surface area contributed by atoms with Gasteiger partial charge < -0.3 is 4.90 Å². The van der Waals surface area contributed by atoms with Crippen molar-refractivity contribution in [3.05, 3.63) is 41.9 Å². The van der Waals surface area contributed by atoms with Crippen molar-refractivity contribution in [2.45, 2.75) is 57.5 Å². The smallest absolute Gasteiger partial charge is 0.132 e. The fourth-order valence-corrected chi connectivity index (χ4v) is 3.88. The Bertz CT molecular complexity index is 737. The number of nitrogens with zero attached hydrogens (tertiary/aromatic N) is 6. The molecule has 26 heavy (non-hydrogen) atoms. The van der Waals surface area contributed by atoms with Gasteiger partial charge in [0.15, 0.2) is 0 Å².